The minimum atomic E-state index is 0.555. The number of nitrogens with two attached hydrogens (primary N) is 1. The van der Waals surface area contributed by atoms with Crippen LogP contribution in [0.5, 0.6) is 0 Å². The van der Waals surface area contributed by atoms with E-state index in [0.717, 1.165) is 17.3 Å². The van der Waals surface area contributed by atoms with E-state index in [9.17, 15) is 0 Å². The topological polar surface area (TPSA) is 53.0 Å². The Balaban J connectivity index is 2.12. The van der Waals surface area contributed by atoms with E-state index in [1.807, 2.05) is 12.1 Å². The summed E-state index contributed by atoms with van der Waals surface area (Å²) in [4.78, 5) is 2.27. The Morgan fingerprint density at radius 3 is 2.58 bits per heavy atom. The Hall–Kier alpha value is -1.69. The average molecular weight is 257 g/mol. The summed E-state index contributed by atoms with van der Waals surface area (Å²) < 4.78 is 0. The first-order chi connectivity index (χ1) is 9.15. The molecule has 3 nitrogen and oxygen atoms in total. The average Bonchev–Trinajstić information content (AvgIpc) is 2.47. The number of nitriles is 1. The van der Waals surface area contributed by atoms with E-state index in [-0.39, 0.29) is 0 Å². The number of hydrogen-bond acceptors (Lipinski definition) is 3. The molecule has 102 valence electrons. The predicted octanol–water partition coefficient (Wildman–Crippen LogP) is 3.55. The third kappa shape index (κ3) is 3.01. The van der Waals surface area contributed by atoms with Crippen molar-refractivity contribution in [2.45, 2.75) is 45.1 Å². The smallest absolute Gasteiger partial charge is 0.0992 e. The van der Waals surface area contributed by atoms with Gasteiger partial charge in [-0.05, 0) is 49.8 Å². The van der Waals surface area contributed by atoms with Crippen LogP contribution in [0.25, 0.3) is 0 Å². The number of nitrogens with zero attached hydrogens (tertiary/aromatic N) is 2. The lowest BCUT2D eigenvalue weighted by atomic mass is 9.84. The third-order valence-electron chi connectivity index (χ3n) is 4.48. The minimum absolute atomic E-state index is 0.555. The minimum Gasteiger partial charge on any atom is -0.397 e. The molecule has 1 aliphatic rings. The van der Waals surface area contributed by atoms with Crippen molar-refractivity contribution in [1.29, 1.82) is 5.26 Å². The van der Waals surface area contributed by atoms with E-state index in [1.54, 1.807) is 6.07 Å². The summed E-state index contributed by atoms with van der Waals surface area (Å²) in [6.07, 6.45) is 6.37. The lowest BCUT2D eigenvalue weighted by molar-refractivity contribution is 0.313. The van der Waals surface area contributed by atoms with E-state index in [0.29, 0.717) is 11.6 Å². The Morgan fingerprint density at radius 2 is 2.00 bits per heavy atom. The Bertz CT molecular complexity index is 467. The summed E-state index contributed by atoms with van der Waals surface area (Å²) in [6.45, 7) is 2.28. The summed E-state index contributed by atoms with van der Waals surface area (Å²) in [5, 5.41) is 9.00. The second kappa shape index (κ2) is 5.97. The number of nitrogen functional groups attached to an aromatic ring is 1. The highest BCUT2D eigenvalue weighted by atomic mass is 15.1. The molecule has 0 unspecified atom stereocenters. The summed E-state index contributed by atoms with van der Waals surface area (Å²) >= 11 is 0. The van der Waals surface area contributed by atoms with Crippen LogP contribution in [-0.2, 0) is 0 Å². The van der Waals surface area contributed by atoms with Gasteiger partial charge in [0.15, 0.2) is 0 Å². The fourth-order valence-corrected chi connectivity index (χ4v) is 3.06. The molecule has 0 saturated heterocycles. The molecule has 3 heteroatoms. The zero-order valence-electron chi connectivity index (χ0n) is 11.9. The molecule has 0 atom stereocenters. The summed E-state index contributed by atoms with van der Waals surface area (Å²) in [7, 11) is 2.10. The monoisotopic (exact) mass is 257 g/mol. The highest BCUT2D eigenvalue weighted by Crippen LogP contribution is 2.33. The van der Waals surface area contributed by atoms with Gasteiger partial charge in [-0.25, -0.2) is 0 Å². The van der Waals surface area contributed by atoms with Gasteiger partial charge in [0.25, 0.3) is 0 Å². The standard InChI is InChI=1S/C16H23N3/c1-3-12-4-7-14(8-5-12)19(2)16-10-13(11-17)6-9-15(16)18/h6,9-10,12,14H,3-5,7-8,18H2,1-2H3. The quantitative estimate of drug-likeness (QED) is 0.842. The Kier molecular flexibility index (Phi) is 4.31. The second-order valence-electron chi connectivity index (χ2n) is 5.58. The molecule has 0 amide bonds. The SMILES string of the molecule is CCC1CCC(N(C)c2cc(C#N)ccc2N)CC1. The first-order valence-electron chi connectivity index (χ1n) is 7.18. The van der Waals surface area contributed by atoms with Crippen LogP contribution in [0.4, 0.5) is 11.4 Å². The van der Waals surface area contributed by atoms with Gasteiger partial charge in [0, 0.05) is 13.1 Å². The van der Waals surface area contributed by atoms with Gasteiger partial charge in [0.1, 0.15) is 0 Å². The van der Waals surface area contributed by atoms with Crippen LogP contribution in [0.15, 0.2) is 18.2 Å². The van der Waals surface area contributed by atoms with Crippen molar-refractivity contribution in [3.63, 3.8) is 0 Å². The second-order valence-corrected chi connectivity index (χ2v) is 5.58. The van der Waals surface area contributed by atoms with Gasteiger partial charge in [-0.3, -0.25) is 0 Å². The highest BCUT2D eigenvalue weighted by molar-refractivity contribution is 5.69. The van der Waals surface area contributed by atoms with Gasteiger partial charge in [-0.1, -0.05) is 13.3 Å². The molecule has 1 aromatic carbocycles. The van der Waals surface area contributed by atoms with Gasteiger partial charge < -0.3 is 10.6 Å². The maximum atomic E-state index is 9.00. The highest BCUT2D eigenvalue weighted by Gasteiger charge is 2.24. The van der Waals surface area contributed by atoms with Crippen molar-refractivity contribution in [2.75, 3.05) is 17.7 Å². The maximum Gasteiger partial charge on any atom is 0.0992 e. The van der Waals surface area contributed by atoms with Crippen molar-refractivity contribution in [2.24, 2.45) is 5.92 Å². The molecule has 0 aliphatic heterocycles. The zero-order chi connectivity index (χ0) is 13.8. The van der Waals surface area contributed by atoms with Crippen LogP contribution < -0.4 is 10.6 Å². The lowest BCUT2D eigenvalue weighted by Gasteiger charge is -2.36. The van der Waals surface area contributed by atoms with Gasteiger partial charge >= 0.3 is 0 Å². The van der Waals surface area contributed by atoms with Crippen molar-refractivity contribution in [1.82, 2.24) is 0 Å². The van der Waals surface area contributed by atoms with Crippen molar-refractivity contribution in [3.05, 3.63) is 23.8 Å². The van der Waals surface area contributed by atoms with Gasteiger partial charge in [-0.15, -0.1) is 0 Å². The molecule has 0 aromatic heterocycles. The van der Waals surface area contributed by atoms with E-state index in [4.69, 9.17) is 11.0 Å². The van der Waals surface area contributed by atoms with Crippen LogP contribution in [0.3, 0.4) is 0 Å². The third-order valence-corrected chi connectivity index (χ3v) is 4.48. The number of hydrogen-bond donors (Lipinski definition) is 1. The normalized spacial score (nSPS) is 22.8. The molecular formula is C16H23N3. The Morgan fingerprint density at radius 1 is 1.32 bits per heavy atom. The van der Waals surface area contributed by atoms with Gasteiger partial charge in [0.05, 0.1) is 23.0 Å². The summed E-state index contributed by atoms with van der Waals surface area (Å²) in [5.74, 6) is 0.896. The number of benzene rings is 1. The van der Waals surface area contributed by atoms with Crippen molar-refractivity contribution >= 4 is 11.4 Å². The first kappa shape index (κ1) is 13.7. The maximum absolute atomic E-state index is 9.00. The van der Waals surface area contributed by atoms with Crippen LogP contribution in [0.1, 0.15) is 44.6 Å². The van der Waals surface area contributed by atoms with Crippen LogP contribution in [0.2, 0.25) is 0 Å². The molecule has 0 spiro atoms. The molecule has 0 radical (unpaired) electrons. The molecule has 1 fully saturated rings. The molecular weight excluding hydrogens is 234 g/mol. The van der Waals surface area contributed by atoms with Crippen LogP contribution in [0, 0.1) is 17.2 Å². The van der Waals surface area contributed by atoms with Gasteiger partial charge in [-0.2, -0.15) is 5.26 Å². The first-order valence-corrected chi connectivity index (χ1v) is 7.18. The van der Waals surface area contributed by atoms with E-state index >= 15 is 0 Å². The molecule has 19 heavy (non-hydrogen) atoms. The molecule has 1 saturated carbocycles. The molecule has 1 aliphatic carbocycles. The van der Waals surface area contributed by atoms with Gasteiger partial charge in [0.2, 0.25) is 0 Å². The molecule has 1 aromatic rings. The summed E-state index contributed by atoms with van der Waals surface area (Å²) in [5.41, 5.74) is 8.50. The molecule has 0 bridgehead atoms. The largest absolute Gasteiger partial charge is 0.397 e. The summed E-state index contributed by atoms with van der Waals surface area (Å²) in [6, 6.07) is 8.26. The van der Waals surface area contributed by atoms with Crippen molar-refractivity contribution < 1.29 is 0 Å². The molecule has 2 N–H and O–H groups in total. The fraction of sp³-hybridized carbons (Fsp3) is 0.562. The number of anilines is 2. The van der Waals surface area contributed by atoms with Crippen LogP contribution in [-0.4, -0.2) is 13.1 Å². The number of rotatable bonds is 3. The van der Waals surface area contributed by atoms with E-state index < -0.39 is 0 Å². The van der Waals surface area contributed by atoms with Crippen molar-refractivity contribution in [3.8, 4) is 6.07 Å². The lowest BCUT2D eigenvalue weighted by Crippen LogP contribution is -2.35. The molecule has 2 rings (SSSR count). The fourth-order valence-electron chi connectivity index (χ4n) is 3.06. The van der Waals surface area contributed by atoms with E-state index in [2.05, 4.69) is 24.9 Å². The van der Waals surface area contributed by atoms with E-state index in [1.165, 1.54) is 32.1 Å². The zero-order valence-corrected chi connectivity index (χ0v) is 11.9. The van der Waals surface area contributed by atoms with Crippen LogP contribution >= 0.6 is 0 Å². The molecule has 0 heterocycles. The Labute approximate surface area is 116 Å². The predicted molar refractivity (Wildman–Crippen MR) is 80.0 cm³/mol.